The second-order valence-corrected chi connectivity index (χ2v) is 6.69. The maximum Gasteiger partial charge on any atom is 0.435 e. The molecule has 6 nitrogen and oxygen atoms in total. The molecule has 0 spiro atoms. The quantitative estimate of drug-likeness (QED) is 0.773. The van der Waals surface area contributed by atoms with E-state index in [0.29, 0.717) is 17.6 Å². The number of nitrogens with zero attached hydrogens (tertiary/aromatic N) is 4. The van der Waals surface area contributed by atoms with Gasteiger partial charge in [0.1, 0.15) is 5.82 Å². The highest BCUT2D eigenvalue weighted by Crippen LogP contribution is 2.34. The van der Waals surface area contributed by atoms with Crippen molar-refractivity contribution in [2.24, 2.45) is 11.7 Å². The SMILES string of the molecule is CC(N)C1CCCN(C(=O)c2nnn(-c3cccc(F)c3)c2C(F)(F)F)C1.Cl. The smallest absolute Gasteiger partial charge is 0.337 e. The molecule has 1 fully saturated rings. The largest absolute Gasteiger partial charge is 0.435 e. The predicted octanol–water partition coefficient (Wildman–Crippen LogP) is 3.05. The molecule has 0 radical (unpaired) electrons. The first kappa shape index (κ1) is 22.1. The number of aromatic nitrogens is 3. The Morgan fingerprint density at radius 1 is 1.36 bits per heavy atom. The van der Waals surface area contributed by atoms with Gasteiger partial charge in [-0.2, -0.15) is 13.2 Å². The third kappa shape index (κ3) is 4.44. The Labute approximate surface area is 165 Å². The van der Waals surface area contributed by atoms with E-state index in [2.05, 4.69) is 10.3 Å². The summed E-state index contributed by atoms with van der Waals surface area (Å²) in [5.74, 6) is -1.56. The Kier molecular flexibility index (Phi) is 6.66. The molecule has 1 amide bonds. The molecule has 2 N–H and O–H groups in total. The first-order chi connectivity index (χ1) is 12.7. The van der Waals surface area contributed by atoms with E-state index in [1.807, 2.05) is 0 Å². The third-order valence-corrected chi connectivity index (χ3v) is 4.68. The van der Waals surface area contributed by atoms with E-state index in [1.165, 1.54) is 17.0 Å². The third-order valence-electron chi connectivity index (χ3n) is 4.68. The van der Waals surface area contributed by atoms with Crippen molar-refractivity contribution in [2.45, 2.75) is 32.0 Å². The zero-order valence-corrected chi connectivity index (χ0v) is 15.8. The van der Waals surface area contributed by atoms with Gasteiger partial charge in [-0.15, -0.1) is 17.5 Å². The van der Waals surface area contributed by atoms with Crippen LogP contribution >= 0.6 is 12.4 Å². The van der Waals surface area contributed by atoms with E-state index in [-0.39, 0.29) is 36.6 Å². The number of hydrogen-bond acceptors (Lipinski definition) is 4. The van der Waals surface area contributed by atoms with Gasteiger partial charge in [0.2, 0.25) is 0 Å². The fourth-order valence-corrected chi connectivity index (χ4v) is 3.24. The molecule has 0 bridgehead atoms. The van der Waals surface area contributed by atoms with Gasteiger partial charge < -0.3 is 10.6 Å². The summed E-state index contributed by atoms with van der Waals surface area (Å²) in [6, 6.07) is 4.33. The lowest BCUT2D eigenvalue weighted by molar-refractivity contribution is -0.143. The molecule has 28 heavy (non-hydrogen) atoms. The van der Waals surface area contributed by atoms with Gasteiger partial charge in [0.05, 0.1) is 5.69 Å². The number of halogens is 5. The minimum Gasteiger partial charge on any atom is -0.337 e. The van der Waals surface area contributed by atoms with Crippen LogP contribution < -0.4 is 5.73 Å². The van der Waals surface area contributed by atoms with Crippen LogP contribution in [0.5, 0.6) is 0 Å². The van der Waals surface area contributed by atoms with Crippen molar-refractivity contribution in [1.82, 2.24) is 19.9 Å². The number of hydrogen-bond donors (Lipinski definition) is 1. The standard InChI is InChI=1S/C17H19F4N5O.ClH/c1-10(22)11-4-3-7-25(9-11)16(27)14-15(17(19,20)21)26(24-23-14)13-6-2-5-12(18)8-13;/h2,5-6,8,10-11H,3-4,7,9,22H2,1H3;1H. The van der Waals surface area contributed by atoms with E-state index in [1.54, 1.807) is 6.92 Å². The number of benzene rings is 1. The molecule has 2 heterocycles. The number of piperidine rings is 1. The molecule has 0 saturated carbocycles. The van der Waals surface area contributed by atoms with Gasteiger partial charge in [-0.3, -0.25) is 4.79 Å². The molecule has 2 atom stereocenters. The van der Waals surface area contributed by atoms with Crippen LogP contribution in [0.1, 0.15) is 35.9 Å². The van der Waals surface area contributed by atoms with E-state index >= 15 is 0 Å². The van der Waals surface area contributed by atoms with Gasteiger partial charge in [-0.1, -0.05) is 11.3 Å². The first-order valence-corrected chi connectivity index (χ1v) is 8.52. The zero-order chi connectivity index (χ0) is 19.8. The second-order valence-electron chi connectivity index (χ2n) is 6.69. The Morgan fingerprint density at radius 3 is 2.68 bits per heavy atom. The monoisotopic (exact) mass is 421 g/mol. The van der Waals surface area contributed by atoms with Gasteiger partial charge in [0.15, 0.2) is 11.4 Å². The lowest BCUT2D eigenvalue weighted by atomic mass is 9.92. The molecule has 11 heteroatoms. The van der Waals surface area contributed by atoms with Crippen LogP contribution in [0, 0.1) is 11.7 Å². The van der Waals surface area contributed by atoms with Crippen molar-refractivity contribution >= 4 is 18.3 Å². The molecule has 1 aromatic heterocycles. The van der Waals surface area contributed by atoms with E-state index in [9.17, 15) is 22.4 Å². The van der Waals surface area contributed by atoms with Crippen molar-refractivity contribution in [2.75, 3.05) is 13.1 Å². The maximum atomic E-state index is 13.7. The molecule has 1 aliphatic heterocycles. The number of likely N-dealkylation sites (tertiary alicyclic amines) is 1. The van der Waals surface area contributed by atoms with Crippen LogP contribution in [0.4, 0.5) is 17.6 Å². The fourth-order valence-electron chi connectivity index (χ4n) is 3.24. The number of carbonyl (C=O) groups excluding carboxylic acids is 1. The van der Waals surface area contributed by atoms with Crippen molar-refractivity contribution in [3.05, 3.63) is 41.5 Å². The minimum atomic E-state index is -4.89. The Morgan fingerprint density at radius 2 is 2.07 bits per heavy atom. The highest BCUT2D eigenvalue weighted by atomic mass is 35.5. The summed E-state index contributed by atoms with van der Waals surface area (Å²) in [5, 5.41) is 6.95. The minimum absolute atomic E-state index is 0. The molecule has 1 aromatic carbocycles. The van der Waals surface area contributed by atoms with Crippen molar-refractivity contribution in [3.63, 3.8) is 0 Å². The number of carbonyl (C=O) groups is 1. The molecular formula is C17H20ClF4N5O. The molecule has 2 aromatic rings. The van der Waals surface area contributed by atoms with Crippen molar-refractivity contribution < 1.29 is 22.4 Å². The number of rotatable bonds is 3. The molecule has 0 aliphatic carbocycles. The van der Waals surface area contributed by atoms with Crippen LogP contribution in [0.2, 0.25) is 0 Å². The summed E-state index contributed by atoms with van der Waals surface area (Å²) in [5.41, 5.74) is 3.60. The molecule has 1 saturated heterocycles. The van der Waals surface area contributed by atoms with E-state index < -0.39 is 29.3 Å². The summed E-state index contributed by atoms with van der Waals surface area (Å²) in [4.78, 5) is 14.1. The summed E-state index contributed by atoms with van der Waals surface area (Å²) >= 11 is 0. The summed E-state index contributed by atoms with van der Waals surface area (Å²) in [6.07, 6.45) is -3.43. The van der Waals surface area contributed by atoms with E-state index in [4.69, 9.17) is 5.73 Å². The highest BCUT2D eigenvalue weighted by Gasteiger charge is 2.43. The Balaban J connectivity index is 0.00000280. The van der Waals surface area contributed by atoms with Crippen molar-refractivity contribution in [3.8, 4) is 5.69 Å². The number of amides is 1. The highest BCUT2D eigenvalue weighted by molar-refractivity contribution is 5.93. The Hall–Kier alpha value is -2.20. The fraction of sp³-hybridized carbons (Fsp3) is 0.471. The van der Waals surface area contributed by atoms with Crippen LogP contribution in [0.3, 0.4) is 0 Å². The predicted molar refractivity (Wildman–Crippen MR) is 95.8 cm³/mol. The van der Waals surface area contributed by atoms with Gasteiger partial charge >= 0.3 is 6.18 Å². The molecule has 3 rings (SSSR count). The molecule has 1 aliphatic rings. The van der Waals surface area contributed by atoms with Crippen LogP contribution in [-0.2, 0) is 6.18 Å². The van der Waals surface area contributed by atoms with Crippen LogP contribution in [0.15, 0.2) is 24.3 Å². The number of alkyl halides is 3. The van der Waals surface area contributed by atoms with Gasteiger partial charge in [0, 0.05) is 19.1 Å². The lowest BCUT2D eigenvalue weighted by Crippen LogP contribution is -2.45. The van der Waals surface area contributed by atoms with E-state index in [0.717, 1.165) is 18.6 Å². The normalized spacial score (nSPS) is 18.5. The molecule has 154 valence electrons. The summed E-state index contributed by atoms with van der Waals surface area (Å²) in [6.45, 7) is 2.40. The Bertz CT molecular complexity index is 839. The van der Waals surface area contributed by atoms with Crippen LogP contribution in [0.25, 0.3) is 5.69 Å². The maximum absolute atomic E-state index is 13.7. The van der Waals surface area contributed by atoms with Gasteiger partial charge in [-0.05, 0) is 43.9 Å². The summed E-state index contributed by atoms with van der Waals surface area (Å²) < 4.78 is 54.9. The van der Waals surface area contributed by atoms with Gasteiger partial charge in [0.25, 0.3) is 5.91 Å². The topological polar surface area (TPSA) is 77.0 Å². The zero-order valence-electron chi connectivity index (χ0n) is 15.0. The molecular weight excluding hydrogens is 402 g/mol. The first-order valence-electron chi connectivity index (χ1n) is 8.52. The van der Waals surface area contributed by atoms with Crippen molar-refractivity contribution in [1.29, 1.82) is 0 Å². The van der Waals surface area contributed by atoms with Crippen LogP contribution in [-0.4, -0.2) is 44.9 Å². The molecule has 2 unspecified atom stereocenters. The van der Waals surface area contributed by atoms with Gasteiger partial charge in [-0.25, -0.2) is 9.07 Å². The summed E-state index contributed by atoms with van der Waals surface area (Å²) in [7, 11) is 0. The second kappa shape index (κ2) is 8.44. The average molecular weight is 422 g/mol. The average Bonchev–Trinajstić information content (AvgIpc) is 3.06. The lowest BCUT2D eigenvalue weighted by Gasteiger charge is -2.34. The number of nitrogens with two attached hydrogens (primary N) is 1.